The van der Waals surface area contributed by atoms with Crippen LogP contribution in [0.25, 0.3) is 5.82 Å². The van der Waals surface area contributed by atoms with Crippen molar-refractivity contribution >= 4 is 17.2 Å². The molecule has 0 spiro atoms. The molecule has 1 aliphatic rings. The van der Waals surface area contributed by atoms with Crippen LogP contribution in [0.2, 0.25) is 0 Å². The highest BCUT2D eigenvalue weighted by Gasteiger charge is 2.24. The van der Waals surface area contributed by atoms with Crippen LogP contribution < -0.4 is 4.90 Å². The molecule has 0 amide bonds. The SMILES string of the molecule is Cc1nccn1-c1cncc(N2CCC[C@@H](c3nccs3)C2)n1. The molecule has 0 unspecified atom stereocenters. The van der Waals surface area contributed by atoms with Gasteiger partial charge in [0.15, 0.2) is 5.82 Å². The monoisotopic (exact) mass is 326 g/mol. The maximum absolute atomic E-state index is 4.78. The quantitative estimate of drug-likeness (QED) is 0.741. The summed E-state index contributed by atoms with van der Waals surface area (Å²) in [7, 11) is 0. The summed E-state index contributed by atoms with van der Waals surface area (Å²) in [6.45, 7) is 3.94. The average molecular weight is 326 g/mol. The topological polar surface area (TPSA) is 59.7 Å². The van der Waals surface area contributed by atoms with Crippen molar-refractivity contribution in [3.63, 3.8) is 0 Å². The molecule has 0 aromatic carbocycles. The molecular formula is C16H18N6S. The molecule has 6 nitrogen and oxygen atoms in total. The first-order valence-electron chi connectivity index (χ1n) is 7.78. The normalized spacial score (nSPS) is 18.3. The van der Waals surface area contributed by atoms with Crippen LogP contribution in [0.3, 0.4) is 0 Å². The number of anilines is 1. The molecule has 1 atom stereocenters. The molecule has 0 N–H and O–H groups in total. The van der Waals surface area contributed by atoms with Crippen molar-refractivity contribution < 1.29 is 0 Å². The first-order chi connectivity index (χ1) is 11.3. The second kappa shape index (κ2) is 6.08. The predicted octanol–water partition coefficient (Wildman–Crippen LogP) is 2.81. The lowest BCUT2D eigenvalue weighted by atomic mass is 9.99. The first kappa shape index (κ1) is 14.3. The van der Waals surface area contributed by atoms with Crippen molar-refractivity contribution in [2.45, 2.75) is 25.7 Å². The molecule has 118 valence electrons. The van der Waals surface area contributed by atoms with Gasteiger partial charge in [0.25, 0.3) is 0 Å². The molecule has 3 aromatic heterocycles. The molecule has 1 fully saturated rings. The number of rotatable bonds is 3. The predicted molar refractivity (Wildman–Crippen MR) is 90.2 cm³/mol. The van der Waals surface area contributed by atoms with E-state index in [1.165, 1.54) is 11.4 Å². The van der Waals surface area contributed by atoms with E-state index < -0.39 is 0 Å². The van der Waals surface area contributed by atoms with Crippen LogP contribution in [0, 0.1) is 6.92 Å². The van der Waals surface area contributed by atoms with Crippen LogP contribution in [-0.2, 0) is 0 Å². The Morgan fingerprint density at radius 1 is 1.17 bits per heavy atom. The van der Waals surface area contributed by atoms with E-state index in [2.05, 4.69) is 25.2 Å². The van der Waals surface area contributed by atoms with Gasteiger partial charge in [-0.05, 0) is 19.8 Å². The Hall–Kier alpha value is -2.28. The van der Waals surface area contributed by atoms with E-state index >= 15 is 0 Å². The Morgan fingerprint density at radius 2 is 2.09 bits per heavy atom. The molecular weight excluding hydrogens is 308 g/mol. The van der Waals surface area contributed by atoms with Gasteiger partial charge in [0.2, 0.25) is 0 Å². The van der Waals surface area contributed by atoms with Gasteiger partial charge in [-0.15, -0.1) is 11.3 Å². The highest BCUT2D eigenvalue weighted by atomic mass is 32.1. The summed E-state index contributed by atoms with van der Waals surface area (Å²) in [5, 5.41) is 3.28. The minimum Gasteiger partial charge on any atom is -0.355 e. The van der Waals surface area contributed by atoms with Crippen molar-refractivity contribution in [3.05, 3.63) is 47.2 Å². The lowest BCUT2D eigenvalue weighted by molar-refractivity contribution is 0.505. The van der Waals surface area contributed by atoms with E-state index in [0.29, 0.717) is 5.92 Å². The Labute approximate surface area is 138 Å². The van der Waals surface area contributed by atoms with Crippen molar-refractivity contribution in [2.24, 2.45) is 0 Å². The summed E-state index contributed by atoms with van der Waals surface area (Å²) in [6, 6.07) is 0. The van der Waals surface area contributed by atoms with Crippen LogP contribution in [0.4, 0.5) is 5.82 Å². The maximum Gasteiger partial charge on any atom is 0.159 e. The van der Waals surface area contributed by atoms with Gasteiger partial charge in [0, 0.05) is 43.0 Å². The lowest BCUT2D eigenvalue weighted by Gasteiger charge is -2.32. The third kappa shape index (κ3) is 2.84. The molecule has 1 saturated heterocycles. The van der Waals surface area contributed by atoms with Crippen LogP contribution in [-0.4, -0.2) is 37.6 Å². The molecule has 0 aliphatic carbocycles. The van der Waals surface area contributed by atoms with Gasteiger partial charge in [0.1, 0.15) is 11.6 Å². The average Bonchev–Trinajstić information content (AvgIpc) is 3.27. The van der Waals surface area contributed by atoms with Crippen LogP contribution in [0.5, 0.6) is 0 Å². The Bertz CT molecular complexity index is 781. The van der Waals surface area contributed by atoms with Gasteiger partial charge < -0.3 is 4.90 Å². The van der Waals surface area contributed by atoms with Crippen LogP contribution in [0.15, 0.2) is 36.4 Å². The van der Waals surface area contributed by atoms with Gasteiger partial charge >= 0.3 is 0 Å². The summed E-state index contributed by atoms with van der Waals surface area (Å²) in [5.74, 6) is 3.14. The fourth-order valence-corrected chi connectivity index (χ4v) is 3.82. The van der Waals surface area contributed by atoms with E-state index in [4.69, 9.17) is 4.98 Å². The standard InChI is InChI=1S/C16H18N6S/c1-12-18-4-7-22(12)15-10-17-9-14(20-15)21-6-2-3-13(11-21)16-19-5-8-23-16/h4-5,7-10,13H,2-3,6,11H2,1H3/t13-/m1/s1. The molecule has 1 aliphatic heterocycles. The summed E-state index contributed by atoms with van der Waals surface area (Å²) in [4.78, 5) is 20.2. The fraction of sp³-hybridized carbons (Fsp3) is 0.375. The Kier molecular flexibility index (Phi) is 3.78. The van der Waals surface area contributed by atoms with Gasteiger partial charge in [-0.25, -0.2) is 15.0 Å². The van der Waals surface area contributed by atoms with Crippen LogP contribution >= 0.6 is 11.3 Å². The third-order valence-corrected chi connectivity index (χ3v) is 5.17. The number of hydrogen-bond donors (Lipinski definition) is 0. The zero-order chi connectivity index (χ0) is 15.6. The summed E-state index contributed by atoms with van der Waals surface area (Å²) in [5.41, 5.74) is 0. The first-order valence-corrected chi connectivity index (χ1v) is 8.66. The van der Waals surface area contributed by atoms with E-state index in [-0.39, 0.29) is 0 Å². The zero-order valence-electron chi connectivity index (χ0n) is 13.0. The molecule has 4 rings (SSSR count). The molecule has 7 heteroatoms. The molecule has 23 heavy (non-hydrogen) atoms. The molecule has 3 aromatic rings. The smallest absolute Gasteiger partial charge is 0.159 e. The molecule has 0 radical (unpaired) electrons. The van der Waals surface area contributed by atoms with Crippen molar-refractivity contribution in [2.75, 3.05) is 18.0 Å². The Balaban J connectivity index is 1.59. The van der Waals surface area contributed by atoms with Crippen molar-refractivity contribution in [1.29, 1.82) is 0 Å². The number of aromatic nitrogens is 5. The number of aryl methyl sites for hydroxylation is 1. The summed E-state index contributed by atoms with van der Waals surface area (Å²) < 4.78 is 1.96. The lowest BCUT2D eigenvalue weighted by Crippen LogP contribution is -2.35. The maximum atomic E-state index is 4.78. The minimum atomic E-state index is 0.490. The Morgan fingerprint density at radius 3 is 2.87 bits per heavy atom. The summed E-state index contributed by atoms with van der Waals surface area (Å²) in [6.07, 6.45) is 11.6. The summed E-state index contributed by atoms with van der Waals surface area (Å²) >= 11 is 1.74. The zero-order valence-corrected chi connectivity index (χ0v) is 13.8. The van der Waals surface area contributed by atoms with Crippen molar-refractivity contribution in [3.8, 4) is 5.82 Å². The van der Waals surface area contributed by atoms with E-state index in [1.54, 1.807) is 23.7 Å². The second-order valence-corrected chi connectivity index (χ2v) is 6.66. The van der Waals surface area contributed by atoms with Gasteiger partial charge in [0.05, 0.1) is 17.4 Å². The largest absolute Gasteiger partial charge is 0.355 e. The number of piperidine rings is 1. The van der Waals surface area contributed by atoms with E-state index in [0.717, 1.165) is 37.0 Å². The number of nitrogens with zero attached hydrogens (tertiary/aromatic N) is 6. The number of hydrogen-bond acceptors (Lipinski definition) is 6. The molecule has 0 saturated carbocycles. The van der Waals surface area contributed by atoms with Gasteiger partial charge in [-0.2, -0.15) is 0 Å². The fourth-order valence-electron chi connectivity index (χ4n) is 3.06. The van der Waals surface area contributed by atoms with Gasteiger partial charge in [-0.3, -0.25) is 9.55 Å². The minimum absolute atomic E-state index is 0.490. The number of imidazole rings is 1. The second-order valence-electron chi connectivity index (χ2n) is 5.74. The molecule has 0 bridgehead atoms. The highest BCUT2D eigenvalue weighted by molar-refractivity contribution is 7.09. The third-order valence-electron chi connectivity index (χ3n) is 4.23. The van der Waals surface area contributed by atoms with E-state index in [9.17, 15) is 0 Å². The highest BCUT2D eigenvalue weighted by Crippen LogP contribution is 2.30. The van der Waals surface area contributed by atoms with Gasteiger partial charge in [-0.1, -0.05) is 0 Å². The van der Waals surface area contributed by atoms with Crippen LogP contribution in [0.1, 0.15) is 29.6 Å². The van der Waals surface area contributed by atoms with E-state index in [1.807, 2.05) is 30.1 Å². The van der Waals surface area contributed by atoms with Crippen molar-refractivity contribution in [1.82, 2.24) is 24.5 Å². The molecule has 4 heterocycles. The number of thiazole rings is 1.